The van der Waals surface area contributed by atoms with Crippen molar-refractivity contribution in [2.24, 2.45) is 0 Å². The lowest BCUT2D eigenvalue weighted by Crippen LogP contribution is -2.43. The second-order valence-electron chi connectivity index (χ2n) is 4.00. The van der Waals surface area contributed by atoms with Gasteiger partial charge < -0.3 is 15.0 Å². The lowest BCUT2D eigenvalue weighted by molar-refractivity contribution is -0.0117. The number of para-hydroxylation sites is 1. The van der Waals surface area contributed by atoms with Crippen molar-refractivity contribution in [3.8, 4) is 0 Å². The van der Waals surface area contributed by atoms with Crippen LogP contribution >= 0.6 is 0 Å². The van der Waals surface area contributed by atoms with Crippen molar-refractivity contribution in [3.05, 3.63) is 30.3 Å². The molecular weight excluding hydrogens is 188 g/mol. The van der Waals surface area contributed by atoms with Crippen LogP contribution in [0.5, 0.6) is 0 Å². The van der Waals surface area contributed by atoms with Gasteiger partial charge in [0.15, 0.2) is 0 Å². The number of benzene rings is 1. The van der Waals surface area contributed by atoms with Crippen LogP contribution in [0.2, 0.25) is 0 Å². The Balaban J connectivity index is 1.78. The number of hydrogen-bond acceptors (Lipinski definition) is 3. The highest BCUT2D eigenvalue weighted by Crippen LogP contribution is 2.07. The quantitative estimate of drug-likeness (QED) is 0.809. The summed E-state index contributed by atoms with van der Waals surface area (Å²) in [4.78, 5) is 2.31. The Morgan fingerprint density at radius 3 is 2.93 bits per heavy atom. The van der Waals surface area contributed by atoms with Gasteiger partial charge in [-0.1, -0.05) is 18.2 Å². The average molecular weight is 206 g/mol. The molecular formula is C12H18N2O. The molecule has 1 aliphatic rings. The summed E-state index contributed by atoms with van der Waals surface area (Å²) in [5.74, 6) is 0. The number of ether oxygens (including phenoxy) is 1. The molecule has 15 heavy (non-hydrogen) atoms. The van der Waals surface area contributed by atoms with E-state index in [0.717, 1.165) is 31.9 Å². The van der Waals surface area contributed by atoms with Crippen molar-refractivity contribution in [2.75, 3.05) is 38.6 Å². The fourth-order valence-electron chi connectivity index (χ4n) is 1.78. The third-order valence-corrected chi connectivity index (χ3v) is 2.65. The summed E-state index contributed by atoms with van der Waals surface area (Å²) in [5, 5.41) is 3.38. The summed E-state index contributed by atoms with van der Waals surface area (Å²) in [6, 6.07) is 10.3. The van der Waals surface area contributed by atoms with Crippen LogP contribution in [0.4, 0.5) is 5.69 Å². The van der Waals surface area contributed by atoms with Gasteiger partial charge in [-0.3, -0.25) is 0 Å². The normalized spacial score (nSPS) is 22.6. The first kappa shape index (κ1) is 10.5. The van der Waals surface area contributed by atoms with Gasteiger partial charge in [-0.15, -0.1) is 0 Å². The van der Waals surface area contributed by atoms with Gasteiger partial charge in [-0.05, 0) is 19.2 Å². The van der Waals surface area contributed by atoms with E-state index in [1.54, 1.807) is 0 Å². The molecule has 2 rings (SSSR count). The van der Waals surface area contributed by atoms with Crippen LogP contribution in [0.15, 0.2) is 30.3 Å². The minimum absolute atomic E-state index is 0.309. The maximum absolute atomic E-state index is 5.67. The Hall–Kier alpha value is -1.06. The monoisotopic (exact) mass is 206 g/mol. The molecule has 1 fully saturated rings. The molecule has 1 aliphatic heterocycles. The van der Waals surface area contributed by atoms with Crippen LogP contribution in [0, 0.1) is 0 Å². The van der Waals surface area contributed by atoms with Crippen LogP contribution in [-0.4, -0.2) is 44.3 Å². The highest BCUT2D eigenvalue weighted by molar-refractivity contribution is 5.42. The third-order valence-electron chi connectivity index (χ3n) is 2.65. The lowest BCUT2D eigenvalue weighted by atomic mass is 10.2. The molecule has 0 spiro atoms. The molecule has 0 aliphatic carbocycles. The van der Waals surface area contributed by atoms with Gasteiger partial charge >= 0.3 is 0 Å². The number of nitrogens with one attached hydrogen (secondary N) is 1. The first-order valence-corrected chi connectivity index (χ1v) is 5.43. The first-order chi connectivity index (χ1) is 7.34. The van der Waals surface area contributed by atoms with E-state index in [4.69, 9.17) is 4.74 Å². The molecule has 3 heteroatoms. The Bertz CT molecular complexity index is 289. The number of hydrogen-bond donors (Lipinski definition) is 1. The molecule has 0 radical (unpaired) electrons. The Morgan fingerprint density at radius 2 is 2.20 bits per heavy atom. The van der Waals surface area contributed by atoms with Crippen molar-refractivity contribution in [3.63, 3.8) is 0 Å². The van der Waals surface area contributed by atoms with Gasteiger partial charge in [0.05, 0.1) is 12.7 Å². The summed E-state index contributed by atoms with van der Waals surface area (Å²) < 4.78 is 5.67. The van der Waals surface area contributed by atoms with Crippen molar-refractivity contribution in [1.29, 1.82) is 0 Å². The summed E-state index contributed by atoms with van der Waals surface area (Å²) in [5.41, 5.74) is 1.16. The molecule has 1 aromatic rings. The first-order valence-electron chi connectivity index (χ1n) is 5.43. The molecule has 1 saturated heterocycles. The van der Waals surface area contributed by atoms with Gasteiger partial charge in [0, 0.05) is 25.3 Å². The Labute approximate surface area is 91.0 Å². The number of morpholine rings is 1. The predicted octanol–water partition coefficient (Wildman–Crippen LogP) is 1.43. The van der Waals surface area contributed by atoms with E-state index in [2.05, 4.69) is 29.4 Å². The van der Waals surface area contributed by atoms with Gasteiger partial charge in [-0.25, -0.2) is 0 Å². The molecule has 82 valence electrons. The molecule has 0 saturated carbocycles. The lowest BCUT2D eigenvalue weighted by Gasteiger charge is -2.30. The van der Waals surface area contributed by atoms with E-state index < -0.39 is 0 Å². The number of rotatable bonds is 3. The van der Waals surface area contributed by atoms with Gasteiger partial charge in [0.2, 0.25) is 0 Å². The highest BCUT2D eigenvalue weighted by Gasteiger charge is 2.16. The van der Waals surface area contributed by atoms with E-state index in [-0.39, 0.29) is 0 Å². The topological polar surface area (TPSA) is 24.5 Å². The summed E-state index contributed by atoms with van der Waals surface area (Å²) in [6.45, 7) is 3.79. The van der Waals surface area contributed by atoms with E-state index in [0.29, 0.717) is 6.10 Å². The zero-order valence-electron chi connectivity index (χ0n) is 9.15. The Morgan fingerprint density at radius 1 is 1.40 bits per heavy atom. The van der Waals surface area contributed by atoms with Gasteiger partial charge in [0.1, 0.15) is 0 Å². The fourth-order valence-corrected chi connectivity index (χ4v) is 1.78. The molecule has 0 aromatic heterocycles. The molecule has 1 atom stereocenters. The maximum atomic E-state index is 5.67. The van der Waals surface area contributed by atoms with E-state index >= 15 is 0 Å². The largest absolute Gasteiger partial charge is 0.382 e. The predicted molar refractivity (Wildman–Crippen MR) is 62.2 cm³/mol. The van der Waals surface area contributed by atoms with E-state index in [9.17, 15) is 0 Å². The number of nitrogens with zero attached hydrogens (tertiary/aromatic N) is 1. The minimum Gasteiger partial charge on any atom is -0.382 e. The van der Waals surface area contributed by atoms with Crippen LogP contribution in [0.3, 0.4) is 0 Å². The second kappa shape index (κ2) is 5.14. The highest BCUT2D eigenvalue weighted by atomic mass is 16.5. The van der Waals surface area contributed by atoms with Crippen LogP contribution in [0.25, 0.3) is 0 Å². The fraction of sp³-hybridized carbons (Fsp3) is 0.500. The molecule has 0 amide bonds. The van der Waals surface area contributed by atoms with E-state index in [1.165, 1.54) is 0 Å². The minimum atomic E-state index is 0.309. The molecule has 1 aromatic carbocycles. The zero-order chi connectivity index (χ0) is 10.5. The molecule has 3 nitrogen and oxygen atoms in total. The van der Waals surface area contributed by atoms with Gasteiger partial charge in [0.25, 0.3) is 0 Å². The molecule has 1 N–H and O–H groups in total. The average Bonchev–Trinajstić information content (AvgIpc) is 2.28. The number of likely N-dealkylation sites (N-methyl/N-ethyl adjacent to an activating group) is 1. The van der Waals surface area contributed by atoms with Crippen molar-refractivity contribution >= 4 is 5.69 Å². The second-order valence-corrected chi connectivity index (χ2v) is 4.00. The standard InChI is InChI=1S/C12H18N2O/c1-14-7-8-15-12(10-14)9-13-11-5-3-2-4-6-11/h2-6,12-13H,7-10H2,1H3. The van der Waals surface area contributed by atoms with Crippen molar-refractivity contribution in [1.82, 2.24) is 4.90 Å². The Kier molecular flexibility index (Phi) is 3.59. The van der Waals surface area contributed by atoms with Crippen LogP contribution in [0.1, 0.15) is 0 Å². The summed E-state index contributed by atoms with van der Waals surface area (Å²) >= 11 is 0. The summed E-state index contributed by atoms with van der Waals surface area (Å²) in [7, 11) is 2.14. The SMILES string of the molecule is CN1CCOC(CNc2ccccc2)C1. The summed E-state index contributed by atoms with van der Waals surface area (Å²) in [6.07, 6.45) is 0.309. The zero-order valence-corrected chi connectivity index (χ0v) is 9.15. The van der Waals surface area contributed by atoms with E-state index in [1.807, 2.05) is 18.2 Å². The van der Waals surface area contributed by atoms with Gasteiger partial charge in [-0.2, -0.15) is 0 Å². The van der Waals surface area contributed by atoms with Crippen LogP contribution in [-0.2, 0) is 4.74 Å². The third kappa shape index (κ3) is 3.22. The smallest absolute Gasteiger partial charge is 0.0874 e. The molecule has 1 heterocycles. The number of anilines is 1. The van der Waals surface area contributed by atoms with Crippen molar-refractivity contribution in [2.45, 2.75) is 6.10 Å². The van der Waals surface area contributed by atoms with Crippen LogP contribution < -0.4 is 5.32 Å². The molecule has 0 bridgehead atoms. The molecule has 1 unspecified atom stereocenters. The maximum Gasteiger partial charge on any atom is 0.0874 e. The van der Waals surface area contributed by atoms with Crippen molar-refractivity contribution < 1.29 is 4.74 Å².